The Morgan fingerprint density at radius 2 is 2.12 bits per heavy atom. The summed E-state index contributed by atoms with van der Waals surface area (Å²) in [6.07, 6.45) is 1.70. The van der Waals surface area contributed by atoms with E-state index in [-0.39, 0.29) is 5.54 Å². The van der Waals surface area contributed by atoms with Gasteiger partial charge in [-0.1, -0.05) is 0 Å². The van der Waals surface area contributed by atoms with Gasteiger partial charge in [-0.25, -0.2) is 0 Å². The summed E-state index contributed by atoms with van der Waals surface area (Å²) < 4.78 is 0. The molecule has 2 N–H and O–H groups in total. The molecule has 1 aliphatic carbocycles. The van der Waals surface area contributed by atoms with Crippen molar-refractivity contribution >= 4 is 0 Å². The second-order valence-electron chi connectivity index (χ2n) is 5.30. The molecule has 3 rings (SSSR count). The Morgan fingerprint density at radius 3 is 2.62 bits per heavy atom. The molecular weight excluding hydrogens is 200 g/mol. The second-order valence-corrected chi connectivity index (χ2v) is 5.30. The number of likely N-dealkylation sites (tertiary alicyclic amines) is 1. The summed E-state index contributed by atoms with van der Waals surface area (Å²) in [4.78, 5) is 2.50. The Hall–Kier alpha value is -1.00. The summed E-state index contributed by atoms with van der Waals surface area (Å²) in [7, 11) is 0. The Kier molecular flexibility index (Phi) is 2.06. The molecule has 1 aromatic heterocycles. The van der Waals surface area contributed by atoms with Gasteiger partial charge in [-0.2, -0.15) is 10.2 Å². The summed E-state index contributed by atoms with van der Waals surface area (Å²) in [6.45, 7) is 6.70. The van der Waals surface area contributed by atoms with Gasteiger partial charge in [0.05, 0.1) is 11.2 Å². The molecule has 16 heavy (non-hydrogen) atoms. The van der Waals surface area contributed by atoms with Crippen molar-refractivity contribution in [1.29, 1.82) is 0 Å². The lowest BCUT2D eigenvalue weighted by Crippen LogP contribution is -2.39. The van der Waals surface area contributed by atoms with Gasteiger partial charge >= 0.3 is 0 Å². The van der Waals surface area contributed by atoms with Gasteiger partial charge in [-0.05, 0) is 26.0 Å². The Balaban J connectivity index is 1.78. The third-order valence-corrected chi connectivity index (χ3v) is 4.21. The fourth-order valence-electron chi connectivity index (χ4n) is 3.03. The minimum absolute atomic E-state index is 0.195. The number of fused-ring (bicyclic) bond motifs is 1. The van der Waals surface area contributed by atoms with Gasteiger partial charge in [0.1, 0.15) is 0 Å². The Bertz CT molecular complexity index is 377. The maximum atomic E-state index is 6.45. The van der Waals surface area contributed by atoms with Crippen molar-refractivity contribution in [3.63, 3.8) is 0 Å². The van der Waals surface area contributed by atoms with Gasteiger partial charge in [0.2, 0.25) is 0 Å². The average Bonchev–Trinajstić information content (AvgIpc) is 2.68. The topological polar surface area (TPSA) is 55.0 Å². The van der Waals surface area contributed by atoms with E-state index < -0.39 is 0 Å². The molecule has 2 atom stereocenters. The van der Waals surface area contributed by atoms with Crippen molar-refractivity contribution in [2.45, 2.75) is 25.4 Å². The molecule has 0 radical (unpaired) electrons. The van der Waals surface area contributed by atoms with E-state index in [0.29, 0.717) is 17.9 Å². The number of nitrogens with two attached hydrogens (primary N) is 1. The van der Waals surface area contributed by atoms with Crippen molar-refractivity contribution in [2.24, 2.45) is 17.6 Å². The van der Waals surface area contributed by atoms with E-state index in [1.807, 2.05) is 12.1 Å². The summed E-state index contributed by atoms with van der Waals surface area (Å²) >= 11 is 0. The van der Waals surface area contributed by atoms with Crippen molar-refractivity contribution in [1.82, 2.24) is 15.1 Å². The van der Waals surface area contributed by atoms with E-state index in [0.717, 1.165) is 18.8 Å². The van der Waals surface area contributed by atoms with Crippen LogP contribution in [-0.2, 0) is 5.54 Å². The average molecular weight is 218 g/mol. The van der Waals surface area contributed by atoms with E-state index in [1.165, 1.54) is 0 Å². The second kappa shape index (κ2) is 3.25. The Morgan fingerprint density at radius 1 is 1.44 bits per heavy atom. The largest absolute Gasteiger partial charge is 0.319 e. The van der Waals surface area contributed by atoms with Crippen LogP contribution in [0.25, 0.3) is 0 Å². The highest BCUT2D eigenvalue weighted by atomic mass is 15.2. The van der Waals surface area contributed by atoms with Crippen LogP contribution in [0.3, 0.4) is 0 Å². The van der Waals surface area contributed by atoms with Gasteiger partial charge < -0.3 is 10.6 Å². The zero-order valence-electron chi connectivity index (χ0n) is 9.80. The number of piperidine rings is 1. The quantitative estimate of drug-likeness (QED) is 0.790. The van der Waals surface area contributed by atoms with Crippen molar-refractivity contribution in [2.75, 3.05) is 13.1 Å². The maximum Gasteiger partial charge on any atom is 0.0836 e. The van der Waals surface area contributed by atoms with Gasteiger partial charge in [-0.3, -0.25) is 0 Å². The molecule has 1 saturated heterocycles. The van der Waals surface area contributed by atoms with E-state index in [9.17, 15) is 0 Å². The molecule has 0 spiro atoms. The number of nitrogens with zero attached hydrogens (tertiary/aromatic N) is 3. The molecule has 0 aromatic carbocycles. The summed E-state index contributed by atoms with van der Waals surface area (Å²) in [5.74, 6) is 1.15. The normalized spacial score (nSPS) is 37.8. The highest BCUT2D eigenvalue weighted by Crippen LogP contribution is 2.59. The van der Waals surface area contributed by atoms with Crippen LogP contribution < -0.4 is 5.73 Å². The molecule has 1 aliphatic heterocycles. The molecule has 4 heteroatoms. The first-order valence-corrected chi connectivity index (χ1v) is 5.95. The third kappa shape index (κ3) is 1.23. The van der Waals surface area contributed by atoms with Crippen LogP contribution >= 0.6 is 0 Å². The summed E-state index contributed by atoms with van der Waals surface area (Å²) in [6, 6.07) is 4.55. The van der Waals surface area contributed by atoms with E-state index >= 15 is 0 Å². The van der Waals surface area contributed by atoms with Crippen molar-refractivity contribution in [3.05, 3.63) is 24.0 Å². The van der Waals surface area contributed by atoms with Crippen LogP contribution in [0.4, 0.5) is 0 Å². The van der Waals surface area contributed by atoms with Crippen LogP contribution in [0.1, 0.15) is 19.5 Å². The molecule has 2 heterocycles. The monoisotopic (exact) mass is 218 g/mol. The number of rotatable bonds is 2. The van der Waals surface area contributed by atoms with Crippen LogP contribution in [0, 0.1) is 11.8 Å². The fraction of sp³-hybridized carbons (Fsp3) is 0.667. The lowest BCUT2D eigenvalue weighted by Gasteiger charge is -2.26. The SMILES string of the molecule is CC(C)N1CC2C(C1)C2(N)c1cccnn1. The zero-order valence-corrected chi connectivity index (χ0v) is 9.80. The zero-order chi connectivity index (χ0) is 11.3. The third-order valence-electron chi connectivity index (χ3n) is 4.21. The molecular formula is C12H18N4. The highest BCUT2D eigenvalue weighted by Gasteiger charge is 2.67. The maximum absolute atomic E-state index is 6.45. The van der Waals surface area contributed by atoms with E-state index in [1.54, 1.807) is 6.20 Å². The molecule has 0 bridgehead atoms. The number of aromatic nitrogens is 2. The number of hydrogen-bond donors (Lipinski definition) is 1. The summed E-state index contributed by atoms with van der Waals surface area (Å²) in [5, 5.41) is 8.10. The molecule has 4 nitrogen and oxygen atoms in total. The standard InChI is InChI=1S/C12H18N4/c1-8(2)16-6-9-10(7-16)12(9,13)11-4-3-5-14-15-11/h3-5,8-10H,6-7,13H2,1-2H3. The lowest BCUT2D eigenvalue weighted by atomic mass is 10.1. The summed E-state index contributed by atoms with van der Waals surface area (Å²) in [5.41, 5.74) is 7.22. The predicted octanol–water partition coefficient (Wildman–Crippen LogP) is 0.601. The first kappa shape index (κ1) is 10.2. The molecule has 1 aromatic rings. The minimum atomic E-state index is -0.195. The molecule has 2 unspecified atom stereocenters. The van der Waals surface area contributed by atoms with E-state index in [2.05, 4.69) is 28.9 Å². The Labute approximate surface area is 95.8 Å². The predicted molar refractivity (Wildman–Crippen MR) is 61.6 cm³/mol. The fourth-order valence-corrected chi connectivity index (χ4v) is 3.03. The lowest BCUT2D eigenvalue weighted by molar-refractivity contribution is 0.224. The van der Waals surface area contributed by atoms with Gasteiger partial charge in [-0.15, -0.1) is 0 Å². The van der Waals surface area contributed by atoms with Crippen molar-refractivity contribution in [3.8, 4) is 0 Å². The number of hydrogen-bond acceptors (Lipinski definition) is 4. The first-order chi connectivity index (χ1) is 7.64. The highest BCUT2D eigenvalue weighted by molar-refractivity contribution is 5.31. The minimum Gasteiger partial charge on any atom is -0.319 e. The van der Waals surface area contributed by atoms with E-state index in [4.69, 9.17) is 5.73 Å². The molecule has 2 aliphatic rings. The molecule has 86 valence electrons. The van der Waals surface area contributed by atoms with Gasteiger partial charge in [0.15, 0.2) is 0 Å². The van der Waals surface area contributed by atoms with Crippen LogP contribution in [0.15, 0.2) is 18.3 Å². The van der Waals surface area contributed by atoms with Crippen LogP contribution in [-0.4, -0.2) is 34.2 Å². The van der Waals surface area contributed by atoms with Crippen molar-refractivity contribution < 1.29 is 0 Å². The first-order valence-electron chi connectivity index (χ1n) is 5.95. The van der Waals surface area contributed by atoms with Crippen LogP contribution in [0.5, 0.6) is 0 Å². The smallest absolute Gasteiger partial charge is 0.0836 e. The van der Waals surface area contributed by atoms with Gasteiger partial charge in [0.25, 0.3) is 0 Å². The van der Waals surface area contributed by atoms with Gasteiger partial charge in [0, 0.05) is 37.2 Å². The van der Waals surface area contributed by atoms with Crippen LogP contribution in [0.2, 0.25) is 0 Å². The molecule has 2 fully saturated rings. The molecule has 1 saturated carbocycles. The molecule has 0 amide bonds.